The average Bonchev–Trinajstić information content (AvgIpc) is 2.60. The van der Waals surface area contributed by atoms with Gasteiger partial charge in [-0.3, -0.25) is 0 Å². The van der Waals surface area contributed by atoms with Crippen molar-refractivity contribution in [3.63, 3.8) is 0 Å². The Kier molecular flexibility index (Phi) is 3.04. The molecule has 4 nitrogen and oxygen atoms in total. The molecule has 0 aliphatic heterocycles. The first-order valence-electron chi connectivity index (χ1n) is 6.44. The molecule has 0 radical (unpaired) electrons. The molecule has 102 valence electrons. The SMILES string of the molecule is Cc1cccc(-c2nc(C(C)(C)C)n(N)c2N)c1C. The molecule has 0 saturated heterocycles. The van der Waals surface area contributed by atoms with E-state index >= 15 is 0 Å². The van der Waals surface area contributed by atoms with Gasteiger partial charge in [0.1, 0.15) is 11.5 Å². The van der Waals surface area contributed by atoms with E-state index in [0.717, 1.165) is 17.1 Å². The van der Waals surface area contributed by atoms with Crippen molar-refractivity contribution < 1.29 is 0 Å². The minimum atomic E-state index is -0.140. The van der Waals surface area contributed by atoms with Crippen molar-refractivity contribution in [1.82, 2.24) is 9.66 Å². The van der Waals surface area contributed by atoms with Crippen LogP contribution in [0.2, 0.25) is 0 Å². The van der Waals surface area contributed by atoms with Crippen LogP contribution < -0.4 is 11.6 Å². The molecule has 2 rings (SSSR count). The molecule has 0 amide bonds. The van der Waals surface area contributed by atoms with E-state index in [2.05, 4.69) is 45.7 Å². The molecule has 1 heterocycles. The Balaban J connectivity index is 2.68. The number of nitrogens with two attached hydrogens (primary N) is 2. The van der Waals surface area contributed by atoms with E-state index in [1.54, 1.807) is 0 Å². The van der Waals surface area contributed by atoms with Crippen LogP contribution in [0.5, 0.6) is 0 Å². The highest BCUT2D eigenvalue weighted by Gasteiger charge is 2.25. The summed E-state index contributed by atoms with van der Waals surface area (Å²) >= 11 is 0. The standard InChI is InChI=1S/C15H22N4/c1-9-7-6-8-11(10(9)2)12-13(16)19(17)14(18-12)15(3,4)5/h6-8H,16-17H2,1-5H3. The average molecular weight is 258 g/mol. The molecule has 0 aliphatic carbocycles. The summed E-state index contributed by atoms with van der Waals surface area (Å²) in [6.07, 6.45) is 0. The molecule has 0 bridgehead atoms. The summed E-state index contributed by atoms with van der Waals surface area (Å²) in [5, 5.41) is 0. The number of nitrogens with zero attached hydrogens (tertiary/aromatic N) is 2. The van der Waals surface area contributed by atoms with Crippen LogP contribution in [0.4, 0.5) is 5.82 Å². The van der Waals surface area contributed by atoms with Crippen LogP contribution in [-0.2, 0) is 5.41 Å². The van der Waals surface area contributed by atoms with Crippen LogP contribution in [0.3, 0.4) is 0 Å². The number of imidazole rings is 1. The number of benzene rings is 1. The summed E-state index contributed by atoms with van der Waals surface area (Å²) in [5.74, 6) is 7.35. The van der Waals surface area contributed by atoms with Crippen molar-refractivity contribution in [3.8, 4) is 11.3 Å². The molecule has 2 aromatic rings. The number of anilines is 1. The van der Waals surface area contributed by atoms with Crippen LogP contribution in [0.1, 0.15) is 37.7 Å². The zero-order chi connectivity index (χ0) is 14.4. The van der Waals surface area contributed by atoms with Gasteiger partial charge in [-0.15, -0.1) is 0 Å². The number of aromatic nitrogens is 2. The lowest BCUT2D eigenvalue weighted by Gasteiger charge is -2.17. The van der Waals surface area contributed by atoms with Gasteiger partial charge in [0.25, 0.3) is 0 Å². The lowest BCUT2D eigenvalue weighted by molar-refractivity contribution is 0.532. The number of nitrogen functional groups attached to an aromatic ring is 2. The maximum absolute atomic E-state index is 6.13. The van der Waals surface area contributed by atoms with Gasteiger partial charge < -0.3 is 11.6 Å². The molecular formula is C15H22N4. The summed E-state index contributed by atoms with van der Waals surface area (Å²) in [5.41, 5.74) is 10.2. The number of aryl methyl sites for hydroxylation is 1. The second kappa shape index (κ2) is 4.30. The Labute approximate surface area is 114 Å². The van der Waals surface area contributed by atoms with Crippen LogP contribution in [0.15, 0.2) is 18.2 Å². The molecule has 4 N–H and O–H groups in total. The predicted molar refractivity (Wildman–Crippen MR) is 80.4 cm³/mol. The molecule has 0 atom stereocenters. The fourth-order valence-electron chi connectivity index (χ4n) is 2.18. The summed E-state index contributed by atoms with van der Waals surface area (Å²) in [6.45, 7) is 10.4. The van der Waals surface area contributed by atoms with Gasteiger partial charge in [-0.1, -0.05) is 39.0 Å². The van der Waals surface area contributed by atoms with Crippen molar-refractivity contribution in [3.05, 3.63) is 35.2 Å². The van der Waals surface area contributed by atoms with E-state index in [1.807, 2.05) is 12.1 Å². The van der Waals surface area contributed by atoms with E-state index in [-0.39, 0.29) is 5.41 Å². The van der Waals surface area contributed by atoms with Gasteiger partial charge in [0.15, 0.2) is 5.82 Å². The normalized spacial score (nSPS) is 11.8. The Hall–Kier alpha value is -1.97. The topological polar surface area (TPSA) is 69.9 Å². The minimum Gasteiger partial charge on any atom is -0.382 e. The van der Waals surface area contributed by atoms with Gasteiger partial charge in [0.05, 0.1) is 0 Å². The van der Waals surface area contributed by atoms with Gasteiger partial charge in [0, 0.05) is 11.0 Å². The van der Waals surface area contributed by atoms with Crippen molar-refractivity contribution in [2.24, 2.45) is 0 Å². The van der Waals surface area contributed by atoms with Crippen molar-refractivity contribution in [1.29, 1.82) is 0 Å². The summed E-state index contributed by atoms with van der Waals surface area (Å²) in [7, 11) is 0. The third kappa shape index (κ3) is 2.18. The van der Waals surface area contributed by atoms with Gasteiger partial charge in [0.2, 0.25) is 0 Å². The first-order valence-corrected chi connectivity index (χ1v) is 6.44. The predicted octanol–water partition coefficient (Wildman–Crippen LogP) is 2.76. The van der Waals surface area contributed by atoms with Crippen LogP contribution >= 0.6 is 0 Å². The maximum Gasteiger partial charge on any atom is 0.150 e. The second-order valence-corrected chi connectivity index (χ2v) is 6.04. The smallest absolute Gasteiger partial charge is 0.150 e. The molecule has 4 heteroatoms. The second-order valence-electron chi connectivity index (χ2n) is 6.04. The third-order valence-electron chi connectivity index (χ3n) is 3.48. The molecule has 0 spiro atoms. The van der Waals surface area contributed by atoms with Crippen molar-refractivity contribution in [2.45, 2.75) is 40.0 Å². The van der Waals surface area contributed by atoms with Crippen LogP contribution in [-0.4, -0.2) is 9.66 Å². The van der Waals surface area contributed by atoms with Gasteiger partial charge in [-0.25, -0.2) is 9.66 Å². The van der Waals surface area contributed by atoms with E-state index in [9.17, 15) is 0 Å². The lowest BCUT2D eigenvalue weighted by Crippen LogP contribution is -2.24. The molecule has 0 aliphatic rings. The fraction of sp³-hybridized carbons (Fsp3) is 0.400. The highest BCUT2D eigenvalue weighted by Crippen LogP contribution is 2.32. The Bertz CT molecular complexity index is 618. The quantitative estimate of drug-likeness (QED) is 0.773. The largest absolute Gasteiger partial charge is 0.382 e. The zero-order valence-corrected chi connectivity index (χ0v) is 12.3. The lowest BCUT2D eigenvalue weighted by atomic mass is 9.96. The Morgan fingerprint density at radius 1 is 1.16 bits per heavy atom. The van der Waals surface area contributed by atoms with Crippen molar-refractivity contribution >= 4 is 5.82 Å². The molecular weight excluding hydrogens is 236 g/mol. The number of hydrogen-bond acceptors (Lipinski definition) is 3. The maximum atomic E-state index is 6.13. The Morgan fingerprint density at radius 2 is 1.79 bits per heavy atom. The third-order valence-corrected chi connectivity index (χ3v) is 3.48. The van der Waals surface area contributed by atoms with Crippen LogP contribution in [0, 0.1) is 13.8 Å². The fourth-order valence-corrected chi connectivity index (χ4v) is 2.18. The first-order chi connectivity index (χ1) is 8.73. The van der Waals surface area contributed by atoms with E-state index < -0.39 is 0 Å². The summed E-state index contributed by atoms with van der Waals surface area (Å²) in [6, 6.07) is 6.13. The van der Waals surface area contributed by atoms with E-state index in [4.69, 9.17) is 11.6 Å². The molecule has 19 heavy (non-hydrogen) atoms. The summed E-state index contributed by atoms with van der Waals surface area (Å²) < 4.78 is 1.50. The molecule has 1 aromatic heterocycles. The van der Waals surface area contributed by atoms with Crippen molar-refractivity contribution in [2.75, 3.05) is 11.6 Å². The molecule has 0 unspecified atom stereocenters. The van der Waals surface area contributed by atoms with E-state index in [0.29, 0.717) is 5.82 Å². The minimum absolute atomic E-state index is 0.140. The molecule has 0 saturated carbocycles. The van der Waals surface area contributed by atoms with Gasteiger partial charge in [-0.2, -0.15) is 0 Å². The monoisotopic (exact) mass is 258 g/mol. The van der Waals surface area contributed by atoms with Crippen LogP contribution in [0.25, 0.3) is 11.3 Å². The zero-order valence-electron chi connectivity index (χ0n) is 12.3. The highest BCUT2D eigenvalue weighted by atomic mass is 15.4. The molecule has 0 fully saturated rings. The van der Waals surface area contributed by atoms with Gasteiger partial charge in [-0.05, 0) is 25.0 Å². The Morgan fingerprint density at radius 3 is 2.32 bits per heavy atom. The number of rotatable bonds is 1. The first kappa shape index (κ1) is 13.5. The van der Waals surface area contributed by atoms with E-state index in [1.165, 1.54) is 15.8 Å². The van der Waals surface area contributed by atoms with Gasteiger partial charge >= 0.3 is 0 Å². The summed E-state index contributed by atoms with van der Waals surface area (Å²) in [4.78, 5) is 4.67. The number of hydrogen-bond donors (Lipinski definition) is 2. The molecule has 1 aromatic carbocycles. The highest BCUT2D eigenvalue weighted by molar-refractivity contribution is 5.74.